The first-order valence-electron chi connectivity index (χ1n) is 6.26. The van der Waals surface area contributed by atoms with Gasteiger partial charge in [-0.05, 0) is 50.5 Å². The molecule has 0 atom stereocenters. The van der Waals surface area contributed by atoms with Crippen LogP contribution in [0, 0.1) is 0 Å². The normalized spacial score (nSPS) is 10.1. The number of halogens is 1. The molecule has 0 aliphatic rings. The first-order valence-corrected chi connectivity index (χ1v) is 7.05. The van der Waals surface area contributed by atoms with Gasteiger partial charge in [0.05, 0.1) is 13.2 Å². The van der Waals surface area contributed by atoms with Crippen LogP contribution in [0.1, 0.15) is 32.6 Å². The maximum absolute atomic E-state index is 11.1. The molecule has 18 heavy (non-hydrogen) atoms. The van der Waals surface area contributed by atoms with Crippen LogP contribution in [0.5, 0.6) is 5.75 Å². The summed E-state index contributed by atoms with van der Waals surface area (Å²) < 4.78 is 11.5. The third-order valence-corrected chi connectivity index (χ3v) is 2.94. The van der Waals surface area contributed by atoms with Crippen molar-refractivity contribution in [2.45, 2.75) is 32.6 Å². The Kier molecular flexibility index (Phi) is 7.49. The van der Waals surface area contributed by atoms with Gasteiger partial charge in [-0.15, -0.1) is 0 Å². The average molecular weight is 315 g/mol. The van der Waals surface area contributed by atoms with Gasteiger partial charge in [-0.1, -0.05) is 15.9 Å². The molecule has 1 aromatic rings. The van der Waals surface area contributed by atoms with Gasteiger partial charge >= 0.3 is 5.97 Å². The molecule has 100 valence electrons. The van der Waals surface area contributed by atoms with Crippen molar-refractivity contribution < 1.29 is 14.3 Å². The highest BCUT2D eigenvalue weighted by molar-refractivity contribution is 9.10. The second-order valence-corrected chi connectivity index (χ2v) is 4.83. The first kappa shape index (κ1) is 15.0. The van der Waals surface area contributed by atoms with Gasteiger partial charge in [0.1, 0.15) is 5.75 Å². The van der Waals surface area contributed by atoms with E-state index in [-0.39, 0.29) is 5.97 Å². The van der Waals surface area contributed by atoms with E-state index in [0.717, 1.165) is 29.5 Å². The van der Waals surface area contributed by atoms with Gasteiger partial charge in [0, 0.05) is 10.9 Å². The molecule has 0 aliphatic carbocycles. The number of esters is 1. The summed E-state index contributed by atoms with van der Waals surface area (Å²) in [6, 6.07) is 7.78. The van der Waals surface area contributed by atoms with Gasteiger partial charge < -0.3 is 9.47 Å². The van der Waals surface area contributed by atoms with Crippen LogP contribution < -0.4 is 4.74 Å². The lowest BCUT2D eigenvalue weighted by Crippen LogP contribution is -2.04. The van der Waals surface area contributed by atoms with Gasteiger partial charge in [-0.25, -0.2) is 0 Å². The van der Waals surface area contributed by atoms with Gasteiger partial charge in [0.25, 0.3) is 0 Å². The molecule has 0 unspecified atom stereocenters. The average Bonchev–Trinajstić information content (AvgIpc) is 2.36. The fourth-order valence-corrected chi connectivity index (χ4v) is 1.77. The molecule has 0 radical (unpaired) electrons. The van der Waals surface area contributed by atoms with Crippen LogP contribution in [0.15, 0.2) is 28.7 Å². The number of unbranched alkanes of at least 4 members (excludes halogenated alkanes) is 2. The molecule has 0 bridgehead atoms. The second-order valence-electron chi connectivity index (χ2n) is 3.92. The van der Waals surface area contributed by atoms with Crippen LogP contribution in [0.4, 0.5) is 0 Å². The molecule has 1 aromatic carbocycles. The number of carbonyl (C=O) groups excluding carboxylic acids is 1. The zero-order valence-electron chi connectivity index (χ0n) is 10.7. The number of benzene rings is 1. The SMILES string of the molecule is CCOC(=O)CCCCCOc1ccc(Br)cc1. The van der Waals surface area contributed by atoms with Crippen molar-refractivity contribution in [3.8, 4) is 5.75 Å². The molecule has 0 fully saturated rings. The molecule has 0 saturated heterocycles. The van der Waals surface area contributed by atoms with Crippen LogP contribution in [0.2, 0.25) is 0 Å². The third kappa shape index (κ3) is 6.64. The molecule has 0 aliphatic heterocycles. The molecule has 0 saturated carbocycles. The molecule has 0 aromatic heterocycles. The van der Waals surface area contributed by atoms with Gasteiger partial charge in [-0.2, -0.15) is 0 Å². The van der Waals surface area contributed by atoms with Gasteiger partial charge in [0.15, 0.2) is 0 Å². The first-order chi connectivity index (χ1) is 8.72. The van der Waals surface area contributed by atoms with E-state index in [9.17, 15) is 4.79 Å². The zero-order valence-corrected chi connectivity index (χ0v) is 12.2. The number of rotatable bonds is 8. The van der Waals surface area contributed by atoms with Crippen LogP contribution in [0.3, 0.4) is 0 Å². The minimum absolute atomic E-state index is 0.105. The van der Waals surface area contributed by atoms with Crippen molar-refractivity contribution in [3.63, 3.8) is 0 Å². The van der Waals surface area contributed by atoms with E-state index in [1.165, 1.54) is 0 Å². The second kappa shape index (κ2) is 8.97. The Hall–Kier alpha value is -1.03. The minimum Gasteiger partial charge on any atom is -0.494 e. The molecular formula is C14H19BrO3. The maximum Gasteiger partial charge on any atom is 0.305 e. The number of hydrogen-bond donors (Lipinski definition) is 0. The van der Waals surface area contributed by atoms with Crippen LogP contribution in [-0.4, -0.2) is 19.2 Å². The van der Waals surface area contributed by atoms with E-state index < -0.39 is 0 Å². The Bertz CT molecular complexity index is 349. The smallest absolute Gasteiger partial charge is 0.305 e. The Morgan fingerprint density at radius 2 is 1.89 bits per heavy atom. The minimum atomic E-state index is -0.105. The highest BCUT2D eigenvalue weighted by Crippen LogP contribution is 2.16. The quantitative estimate of drug-likeness (QED) is 0.538. The van der Waals surface area contributed by atoms with Crippen LogP contribution >= 0.6 is 15.9 Å². The fraction of sp³-hybridized carbons (Fsp3) is 0.500. The zero-order chi connectivity index (χ0) is 13.2. The van der Waals surface area contributed by atoms with Crippen LogP contribution in [-0.2, 0) is 9.53 Å². The standard InChI is InChI=1S/C14H19BrO3/c1-2-17-14(16)6-4-3-5-11-18-13-9-7-12(15)8-10-13/h7-10H,2-6,11H2,1H3. The topological polar surface area (TPSA) is 35.5 Å². The maximum atomic E-state index is 11.1. The van der Waals surface area contributed by atoms with Crippen molar-refractivity contribution in [3.05, 3.63) is 28.7 Å². The largest absolute Gasteiger partial charge is 0.494 e. The molecule has 0 spiro atoms. The van der Waals surface area contributed by atoms with E-state index >= 15 is 0 Å². The summed E-state index contributed by atoms with van der Waals surface area (Å²) in [6.45, 7) is 2.97. The molecular weight excluding hydrogens is 296 g/mol. The Balaban J connectivity index is 2.02. The summed E-state index contributed by atoms with van der Waals surface area (Å²) in [5, 5.41) is 0. The van der Waals surface area contributed by atoms with E-state index in [1.54, 1.807) is 0 Å². The lowest BCUT2D eigenvalue weighted by atomic mass is 10.2. The highest BCUT2D eigenvalue weighted by Gasteiger charge is 2.00. The number of ether oxygens (including phenoxy) is 2. The summed E-state index contributed by atoms with van der Waals surface area (Å²) in [5.74, 6) is 0.773. The Morgan fingerprint density at radius 3 is 2.56 bits per heavy atom. The number of hydrogen-bond acceptors (Lipinski definition) is 3. The molecule has 4 heteroatoms. The predicted molar refractivity (Wildman–Crippen MR) is 74.7 cm³/mol. The van der Waals surface area contributed by atoms with Crippen LogP contribution in [0.25, 0.3) is 0 Å². The Morgan fingerprint density at radius 1 is 1.17 bits per heavy atom. The molecule has 3 nitrogen and oxygen atoms in total. The summed E-state index contributed by atoms with van der Waals surface area (Å²) in [4.78, 5) is 11.1. The van der Waals surface area contributed by atoms with E-state index in [4.69, 9.17) is 9.47 Å². The monoisotopic (exact) mass is 314 g/mol. The van der Waals surface area contributed by atoms with E-state index in [2.05, 4.69) is 15.9 Å². The van der Waals surface area contributed by atoms with Crippen molar-refractivity contribution in [2.75, 3.05) is 13.2 Å². The van der Waals surface area contributed by atoms with E-state index in [1.807, 2.05) is 31.2 Å². The summed E-state index contributed by atoms with van der Waals surface area (Å²) in [7, 11) is 0. The lowest BCUT2D eigenvalue weighted by molar-refractivity contribution is -0.143. The van der Waals surface area contributed by atoms with Crippen molar-refractivity contribution in [2.24, 2.45) is 0 Å². The molecule has 0 amide bonds. The van der Waals surface area contributed by atoms with Crippen molar-refractivity contribution in [1.29, 1.82) is 0 Å². The van der Waals surface area contributed by atoms with Gasteiger partial charge in [0.2, 0.25) is 0 Å². The fourth-order valence-electron chi connectivity index (χ4n) is 1.50. The highest BCUT2D eigenvalue weighted by atomic mass is 79.9. The third-order valence-electron chi connectivity index (χ3n) is 2.41. The summed E-state index contributed by atoms with van der Waals surface area (Å²) in [6.07, 6.45) is 3.31. The summed E-state index contributed by atoms with van der Waals surface area (Å²) >= 11 is 3.37. The Labute approximate surface area is 117 Å². The molecule has 1 rings (SSSR count). The van der Waals surface area contributed by atoms with Crippen molar-refractivity contribution in [1.82, 2.24) is 0 Å². The van der Waals surface area contributed by atoms with Crippen molar-refractivity contribution >= 4 is 21.9 Å². The summed E-state index contributed by atoms with van der Waals surface area (Å²) in [5.41, 5.74) is 0. The number of carbonyl (C=O) groups is 1. The molecule has 0 heterocycles. The van der Waals surface area contributed by atoms with Gasteiger partial charge in [-0.3, -0.25) is 4.79 Å². The predicted octanol–water partition coefficient (Wildman–Crippen LogP) is 3.95. The molecule has 0 N–H and O–H groups in total. The van der Waals surface area contributed by atoms with E-state index in [0.29, 0.717) is 19.6 Å². The lowest BCUT2D eigenvalue weighted by Gasteiger charge is -2.06.